The van der Waals surface area contributed by atoms with Gasteiger partial charge in [0.25, 0.3) is 0 Å². The zero-order chi connectivity index (χ0) is 13.1. The summed E-state index contributed by atoms with van der Waals surface area (Å²) >= 11 is 2.16. The summed E-state index contributed by atoms with van der Waals surface area (Å²) in [5, 5.41) is 2.67. The van der Waals surface area contributed by atoms with E-state index in [1.165, 1.54) is 0 Å². The first kappa shape index (κ1) is 14.1. The van der Waals surface area contributed by atoms with Gasteiger partial charge in [0.1, 0.15) is 11.4 Å². The van der Waals surface area contributed by atoms with Gasteiger partial charge in [0.2, 0.25) is 0 Å². The van der Waals surface area contributed by atoms with Gasteiger partial charge in [-0.1, -0.05) is 0 Å². The van der Waals surface area contributed by atoms with Gasteiger partial charge >= 0.3 is 6.09 Å². The first-order chi connectivity index (χ1) is 7.80. The molecule has 0 aliphatic heterocycles. The summed E-state index contributed by atoms with van der Waals surface area (Å²) in [6.45, 7) is 5.46. The Balaban J connectivity index is 2.74. The molecule has 0 unspecified atom stereocenters. The van der Waals surface area contributed by atoms with Crippen molar-refractivity contribution in [1.29, 1.82) is 0 Å². The van der Waals surface area contributed by atoms with E-state index in [2.05, 4.69) is 27.9 Å². The van der Waals surface area contributed by atoms with E-state index in [1.807, 2.05) is 32.9 Å². The lowest BCUT2D eigenvalue weighted by Crippen LogP contribution is -2.27. The first-order valence-electron chi connectivity index (χ1n) is 5.15. The highest BCUT2D eigenvalue weighted by atomic mass is 127. The lowest BCUT2D eigenvalue weighted by atomic mass is 10.2. The molecule has 0 atom stereocenters. The van der Waals surface area contributed by atoms with E-state index >= 15 is 0 Å². The molecule has 94 valence electrons. The molecule has 0 spiro atoms. The van der Waals surface area contributed by atoms with Gasteiger partial charge in [-0.05, 0) is 55.5 Å². The fourth-order valence-electron chi connectivity index (χ4n) is 1.17. The summed E-state index contributed by atoms with van der Waals surface area (Å²) in [7, 11) is 1.59. The molecule has 1 amide bonds. The van der Waals surface area contributed by atoms with Gasteiger partial charge in [-0.15, -0.1) is 0 Å². The van der Waals surface area contributed by atoms with Crippen molar-refractivity contribution in [2.24, 2.45) is 0 Å². The van der Waals surface area contributed by atoms with Crippen molar-refractivity contribution in [2.45, 2.75) is 26.4 Å². The van der Waals surface area contributed by atoms with Gasteiger partial charge in [0.15, 0.2) is 0 Å². The van der Waals surface area contributed by atoms with Crippen molar-refractivity contribution in [2.75, 3.05) is 12.4 Å². The van der Waals surface area contributed by atoms with E-state index in [9.17, 15) is 4.79 Å². The van der Waals surface area contributed by atoms with Crippen LogP contribution in [0.5, 0.6) is 5.75 Å². The third kappa shape index (κ3) is 5.25. The predicted octanol–water partition coefficient (Wildman–Crippen LogP) is 3.65. The van der Waals surface area contributed by atoms with Crippen LogP contribution in [0.25, 0.3) is 0 Å². The maximum Gasteiger partial charge on any atom is 0.412 e. The van der Waals surface area contributed by atoms with E-state index < -0.39 is 11.7 Å². The smallest absolute Gasteiger partial charge is 0.412 e. The third-order valence-corrected chi connectivity index (χ3v) is 2.38. The highest BCUT2D eigenvalue weighted by molar-refractivity contribution is 14.1. The predicted molar refractivity (Wildman–Crippen MR) is 75.6 cm³/mol. The molecule has 5 heteroatoms. The minimum absolute atomic E-state index is 0.471. The second-order valence-corrected chi connectivity index (χ2v) is 5.75. The number of carbonyl (C=O) groups excluding carboxylic acids is 1. The molecule has 0 aliphatic carbocycles. The molecule has 1 rings (SSSR count). The number of anilines is 1. The van der Waals surface area contributed by atoms with E-state index in [1.54, 1.807) is 13.2 Å². The standard InChI is InChI=1S/C12H16INO3/c1-12(2,3)17-11(15)14-9-5-8(13)6-10(7-9)16-4/h5-7H,1-4H3,(H,14,15). The number of benzene rings is 1. The van der Waals surface area contributed by atoms with Crippen LogP contribution in [-0.4, -0.2) is 18.8 Å². The minimum Gasteiger partial charge on any atom is -0.497 e. The van der Waals surface area contributed by atoms with Gasteiger partial charge in [-0.3, -0.25) is 5.32 Å². The molecular formula is C12H16INO3. The van der Waals surface area contributed by atoms with Gasteiger partial charge in [-0.25, -0.2) is 4.79 Å². The summed E-state index contributed by atoms with van der Waals surface area (Å²) in [6, 6.07) is 5.46. The van der Waals surface area contributed by atoms with Gasteiger partial charge in [-0.2, -0.15) is 0 Å². The van der Waals surface area contributed by atoms with Crippen LogP contribution in [0.1, 0.15) is 20.8 Å². The normalized spacial score (nSPS) is 10.9. The van der Waals surface area contributed by atoms with E-state index in [4.69, 9.17) is 9.47 Å². The maximum absolute atomic E-state index is 11.6. The fraction of sp³-hybridized carbons (Fsp3) is 0.417. The van der Waals surface area contributed by atoms with Gasteiger partial charge in [0, 0.05) is 15.3 Å². The molecule has 1 aromatic rings. The summed E-state index contributed by atoms with van der Waals surface area (Å²) in [5.41, 5.74) is 0.152. The van der Waals surface area contributed by atoms with Crippen LogP contribution in [0.2, 0.25) is 0 Å². The van der Waals surface area contributed by atoms with Crippen molar-refractivity contribution in [1.82, 2.24) is 0 Å². The molecule has 0 saturated carbocycles. The topological polar surface area (TPSA) is 47.6 Å². The van der Waals surface area contributed by atoms with Crippen LogP contribution < -0.4 is 10.1 Å². The summed E-state index contributed by atoms with van der Waals surface area (Å²) in [6.07, 6.45) is -0.471. The number of hydrogen-bond acceptors (Lipinski definition) is 3. The molecule has 4 nitrogen and oxygen atoms in total. The Hall–Kier alpha value is -0.980. The number of carbonyl (C=O) groups is 1. The van der Waals surface area contributed by atoms with E-state index in [0.29, 0.717) is 11.4 Å². The van der Waals surface area contributed by atoms with Crippen molar-refractivity contribution in [3.8, 4) is 5.75 Å². The lowest BCUT2D eigenvalue weighted by molar-refractivity contribution is 0.0636. The van der Waals surface area contributed by atoms with Crippen LogP contribution in [0.3, 0.4) is 0 Å². The Morgan fingerprint density at radius 3 is 2.47 bits per heavy atom. The second kappa shape index (κ2) is 5.57. The first-order valence-corrected chi connectivity index (χ1v) is 6.22. The van der Waals surface area contributed by atoms with Crippen LogP contribution in [0.4, 0.5) is 10.5 Å². The van der Waals surface area contributed by atoms with Crippen molar-refractivity contribution >= 4 is 34.4 Å². The molecule has 0 aromatic heterocycles. The van der Waals surface area contributed by atoms with Gasteiger partial charge in [0.05, 0.1) is 7.11 Å². The maximum atomic E-state index is 11.6. The Kier molecular flexibility index (Phi) is 4.62. The van der Waals surface area contributed by atoms with Crippen LogP contribution in [0.15, 0.2) is 18.2 Å². The van der Waals surface area contributed by atoms with Crippen molar-refractivity contribution in [3.63, 3.8) is 0 Å². The van der Waals surface area contributed by atoms with Crippen LogP contribution in [-0.2, 0) is 4.74 Å². The zero-order valence-corrected chi connectivity index (χ0v) is 12.5. The molecular weight excluding hydrogens is 333 g/mol. The SMILES string of the molecule is COc1cc(I)cc(NC(=O)OC(C)(C)C)c1. The van der Waals surface area contributed by atoms with Crippen molar-refractivity contribution < 1.29 is 14.3 Å². The molecule has 17 heavy (non-hydrogen) atoms. The summed E-state index contributed by atoms with van der Waals surface area (Å²) < 4.78 is 11.3. The molecule has 0 heterocycles. The number of amides is 1. The number of ether oxygens (including phenoxy) is 2. The highest BCUT2D eigenvalue weighted by Crippen LogP contribution is 2.22. The van der Waals surface area contributed by atoms with Crippen molar-refractivity contribution in [3.05, 3.63) is 21.8 Å². The highest BCUT2D eigenvalue weighted by Gasteiger charge is 2.16. The van der Waals surface area contributed by atoms with E-state index in [-0.39, 0.29) is 0 Å². The molecule has 0 aliphatic rings. The summed E-state index contributed by atoms with van der Waals surface area (Å²) in [5.74, 6) is 0.697. The van der Waals surface area contributed by atoms with Crippen LogP contribution >= 0.6 is 22.6 Å². The third-order valence-electron chi connectivity index (χ3n) is 1.75. The average Bonchev–Trinajstić information content (AvgIpc) is 2.13. The Morgan fingerprint density at radius 1 is 1.29 bits per heavy atom. The molecule has 0 fully saturated rings. The molecule has 0 saturated heterocycles. The number of rotatable bonds is 2. The zero-order valence-electron chi connectivity index (χ0n) is 10.3. The molecule has 0 radical (unpaired) electrons. The fourth-order valence-corrected chi connectivity index (χ4v) is 1.82. The molecule has 1 N–H and O–H groups in total. The molecule has 0 bridgehead atoms. The molecule has 1 aromatic carbocycles. The van der Waals surface area contributed by atoms with Crippen LogP contribution in [0, 0.1) is 3.57 Å². The number of halogens is 1. The second-order valence-electron chi connectivity index (χ2n) is 4.51. The Labute approximate surface area is 115 Å². The summed E-state index contributed by atoms with van der Waals surface area (Å²) in [4.78, 5) is 11.6. The number of nitrogens with one attached hydrogen (secondary N) is 1. The Bertz CT molecular complexity index is 413. The monoisotopic (exact) mass is 349 g/mol. The minimum atomic E-state index is -0.504. The largest absolute Gasteiger partial charge is 0.497 e. The van der Waals surface area contributed by atoms with E-state index in [0.717, 1.165) is 3.57 Å². The number of methoxy groups -OCH3 is 1. The Morgan fingerprint density at radius 2 is 1.94 bits per heavy atom. The quantitative estimate of drug-likeness (QED) is 0.830. The lowest BCUT2D eigenvalue weighted by Gasteiger charge is -2.19. The van der Waals surface area contributed by atoms with Gasteiger partial charge < -0.3 is 9.47 Å². The average molecular weight is 349 g/mol. The number of hydrogen-bond donors (Lipinski definition) is 1.